The Morgan fingerprint density at radius 2 is 1.00 bits per heavy atom. The Balaban J connectivity index is 0.000000204. The predicted molar refractivity (Wildman–Crippen MR) is 152 cm³/mol. The topological polar surface area (TPSA) is 29.5 Å². The lowest BCUT2D eigenvalue weighted by Gasteiger charge is -2.06. The molecular formula is C28H27Br3O2. The zero-order chi connectivity index (χ0) is 23.7. The molecule has 0 aliphatic rings. The smallest absolute Gasteiger partial charge is 0.119 e. The van der Waals surface area contributed by atoms with Gasteiger partial charge in [0.25, 0.3) is 0 Å². The summed E-state index contributed by atoms with van der Waals surface area (Å²) in [6.07, 6.45) is 0. The number of phenols is 1. The van der Waals surface area contributed by atoms with Gasteiger partial charge in [-0.15, -0.1) is 0 Å². The van der Waals surface area contributed by atoms with Gasteiger partial charge in [-0.3, -0.25) is 0 Å². The van der Waals surface area contributed by atoms with Crippen molar-refractivity contribution in [3.05, 3.63) is 109 Å². The number of hydrogen-bond acceptors (Lipinski definition) is 2. The lowest BCUT2D eigenvalue weighted by atomic mass is 10.1. The fourth-order valence-electron chi connectivity index (χ4n) is 2.87. The fourth-order valence-corrected chi connectivity index (χ4v) is 3.03. The molecule has 4 aromatic rings. The van der Waals surface area contributed by atoms with E-state index in [1.54, 1.807) is 12.1 Å². The Labute approximate surface area is 222 Å². The summed E-state index contributed by atoms with van der Waals surface area (Å²) in [6, 6.07) is 35.7. The summed E-state index contributed by atoms with van der Waals surface area (Å²) < 4.78 is 5.57. The van der Waals surface area contributed by atoms with Crippen molar-refractivity contribution in [3.8, 4) is 33.8 Å². The van der Waals surface area contributed by atoms with Crippen LogP contribution in [0.2, 0.25) is 0 Å². The van der Waals surface area contributed by atoms with Gasteiger partial charge in [0.1, 0.15) is 11.5 Å². The Morgan fingerprint density at radius 1 is 0.515 bits per heavy atom. The van der Waals surface area contributed by atoms with E-state index in [9.17, 15) is 5.11 Å². The maximum Gasteiger partial charge on any atom is 0.119 e. The number of aromatic hydroxyl groups is 1. The molecule has 172 valence electrons. The van der Waals surface area contributed by atoms with Crippen molar-refractivity contribution < 1.29 is 9.84 Å². The summed E-state index contributed by atoms with van der Waals surface area (Å²) in [5, 5.41) is 12.2. The molecule has 1 N–H and O–H groups in total. The van der Waals surface area contributed by atoms with E-state index >= 15 is 0 Å². The van der Waals surface area contributed by atoms with Crippen molar-refractivity contribution in [2.75, 3.05) is 22.6 Å². The molecule has 5 heteroatoms. The van der Waals surface area contributed by atoms with Crippen LogP contribution >= 0.6 is 47.8 Å². The van der Waals surface area contributed by atoms with Gasteiger partial charge in [0.05, 0.1) is 6.61 Å². The number of phenolic OH excluding ortho intramolecular Hbond substituents is 1. The number of alkyl halides is 3. The first kappa shape index (κ1) is 27.2. The van der Waals surface area contributed by atoms with Crippen molar-refractivity contribution in [2.24, 2.45) is 0 Å². The van der Waals surface area contributed by atoms with Gasteiger partial charge in [-0.1, -0.05) is 133 Å². The Bertz CT molecular complexity index is 1040. The summed E-state index contributed by atoms with van der Waals surface area (Å²) in [6.45, 7) is 0.693. The molecule has 0 saturated carbocycles. The van der Waals surface area contributed by atoms with E-state index in [4.69, 9.17) is 4.74 Å². The van der Waals surface area contributed by atoms with Gasteiger partial charge in [0.2, 0.25) is 0 Å². The first-order valence-corrected chi connectivity index (χ1v) is 13.8. The molecule has 4 rings (SSSR count). The number of ether oxygens (including phenoxy) is 1. The van der Waals surface area contributed by atoms with Crippen LogP contribution in [0.4, 0.5) is 0 Å². The number of rotatable bonds is 6. The van der Waals surface area contributed by atoms with Crippen molar-refractivity contribution in [3.63, 3.8) is 0 Å². The van der Waals surface area contributed by atoms with E-state index < -0.39 is 0 Å². The monoisotopic (exact) mass is 632 g/mol. The molecule has 0 aliphatic carbocycles. The van der Waals surface area contributed by atoms with Crippen LogP contribution in [0.15, 0.2) is 109 Å². The maximum absolute atomic E-state index is 9.27. The zero-order valence-electron chi connectivity index (χ0n) is 18.2. The second-order valence-electron chi connectivity index (χ2n) is 6.73. The van der Waals surface area contributed by atoms with Gasteiger partial charge >= 0.3 is 0 Å². The Kier molecular flexibility index (Phi) is 13.6. The average molecular weight is 635 g/mol. The third-order valence-electron chi connectivity index (χ3n) is 4.31. The van der Waals surface area contributed by atoms with Crippen molar-refractivity contribution in [1.82, 2.24) is 0 Å². The summed E-state index contributed by atoms with van der Waals surface area (Å²) in [4.78, 5) is 0. The molecule has 0 aliphatic heterocycles. The standard InChI is InChI=1S/C14H13BrO.C12H10O.C2H4Br2/c15-9-10-16-14-8-4-7-13(11-14)12-5-2-1-3-6-12;13-12-8-4-7-11(9-12)10-5-2-1-3-6-10;3-1-2-4/h1-8,11H,9-10H2;1-9,13H;1-2H2. The minimum Gasteiger partial charge on any atom is -0.508 e. The first-order valence-electron chi connectivity index (χ1n) is 10.5. The highest BCUT2D eigenvalue weighted by molar-refractivity contribution is 9.12. The van der Waals surface area contributed by atoms with Gasteiger partial charge in [-0.2, -0.15) is 0 Å². The van der Waals surface area contributed by atoms with Crippen molar-refractivity contribution in [2.45, 2.75) is 0 Å². The van der Waals surface area contributed by atoms with Crippen LogP contribution in [-0.2, 0) is 0 Å². The van der Waals surface area contributed by atoms with Crippen LogP contribution in [0.1, 0.15) is 0 Å². The molecule has 4 aromatic carbocycles. The highest BCUT2D eigenvalue weighted by atomic mass is 79.9. The molecule has 2 nitrogen and oxygen atoms in total. The molecule has 33 heavy (non-hydrogen) atoms. The molecule has 0 radical (unpaired) electrons. The molecular weight excluding hydrogens is 608 g/mol. The first-order chi connectivity index (χ1) is 16.2. The molecule has 0 saturated heterocycles. The van der Waals surface area contributed by atoms with Crippen LogP contribution in [0.3, 0.4) is 0 Å². The highest BCUT2D eigenvalue weighted by Gasteiger charge is 1.99. The number of benzene rings is 4. The van der Waals surface area contributed by atoms with E-state index in [-0.39, 0.29) is 0 Å². The maximum atomic E-state index is 9.27. The minimum absolute atomic E-state index is 0.307. The van der Waals surface area contributed by atoms with E-state index in [0.29, 0.717) is 12.4 Å². The molecule has 0 unspecified atom stereocenters. The van der Waals surface area contributed by atoms with Crippen LogP contribution in [0.25, 0.3) is 22.3 Å². The Morgan fingerprint density at radius 3 is 1.48 bits per heavy atom. The molecule has 0 bridgehead atoms. The summed E-state index contributed by atoms with van der Waals surface area (Å²) in [7, 11) is 0. The fraction of sp³-hybridized carbons (Fsp3) is 0.143. The molecule has 0 amide bonds. The summed E-state index contributed by atoms with van der Waals surface area (Å²) in [5.74, 6) is 1.22. The minimum atomic E-state index is 0.307. The van der Waals surface area contributed by atoms with Gasteiger partial charge < -0.3 is 9.84 Å². The zero-order valence-corrected chi connectivity index (χ0v) is 23.0. The van der Waals surface area contributed by atoms with E-state index in [1.165, 1.54) is 11.1 Å². The highest BCUT2D eigenvalue weighted by Crippen LogP contribution is 2.24. The lowest BCUT2D eigenvalue weighted by Crippen LogP contribution is -1.97. The second-order valence-corrected chi connectivity index (χ2v) is 9.10. The van der Waals surface area contributed by atoms with Gasteiger partial charge in [-0.05, 0) is 46.5 Å². The lowest BCUT2D eigenvalue weighted by molar-refractivity contribution is 0.345. The quantitative estimate of drug-likeness (QED) is 0.215. The predicted octanol–water partition coefficient (Wildman–Crippen LogP) is 8.96. The van der Waals surface area contributed by atoms with Gasteiger partial charge in [0, 0.05) is 16.0 Å². The average Bonchev–Trinajstić information content (AvgIpc) is 2.89. The van der Waals surface area contributed by atoms with Crippen LogP contribution < -0.4 is 4.74 Å². The molecule has 0 spiro atoms. The van der Waals surface area contributed by atoms with E-state index in [0.717, 1.165) is 32.9 Å². The van der Waals surface area contributed by atoms with Crippen molar-refractivity contribution in [1.29, 1.82) is 0 Å². The van der Waals surface area contributed by atoms with Crippen LogP contribution in [0, 0.1) is 0 Å². The molecule has 0 heterocycles. The third-order valence-corrected chi connectivity index (χ3v) is 6.49. The number of halogens is 3. The third kappa shape index (κ3) is 10.6. The molecule has 0 aromatic heterocycles. The number of hydrogen-bond donors (Lipinski definition) is 1. The normalized spacial score (nSPS) is 9.67. The van der Waals surface area contributed by atoms with E-state index in [2.05, 4.69) is 72.1 Å². The summed E-state index contributed by atoms with van der Waals surface area (Å²) in [5.41, 5.74) is 4.57. The van der Waals surface area contributed by atoms with Crippen molar-refractivity contribution >= 4 is 47.8 Å². The largest absolute Gasteiger partial charge is 0.508 e. The molecule has 0 fully saturated rings. The Hall–Kier alpha value is -2.08. The van der Waals surface area contributed by atoms with E-state index in [1.807, 2.05) is 72.8 Å². The SMILES string of the molecule is BrCCBr.BrCCOc1cccc(-c2ccccc2)c1.Oc1cccc(-c2ccccc2)c1. The van der Waals surface area contributed by atoms with Crippen LogP contribution in [0.5, 0.6) is 11.5 Å². The van der Waals surface area contributed by atoms with Gasteiger partial charge in [-0.25, -0.2) is 0 Å². The molecule has 0 atom stereocenters. The van der Waals surface area contributed by atoms with Gasteiger partial charge in [0.15, 0.2) is 0 Å². The summed E-state index contributed by atoms with van der Waals surface area (Å²) >= 11 is 9.75. The second kappa shape index (κ2) is 16.5. The van der Waals surface area contributed by atoms with Crippen LogP contribution in [-0.4, -0.2) is 27.7 Å².